The van der Waals surface area contributed by atoms with Crippen LogP contribution < -0.4 is 10.6 Å². The summed E-state index contributed by atoms with van der Waals surface area (Å²) in [5.41, 5.74) is 1.55. The summed E-state index contributed by atoms with van der Waals surface area (Å²) in [7, 11) is 1.24. The van der Waals surface area contributed by atoms with E-state index in [0.717, 1.165) is 0 Å². The first-order chi connectivity index (χ1) is 12.8. The number of hydrogen-bond donors (Lipinski definition) is 2. The Morgan fingerprint density at radius 1 is 1.07 bits per heavy atom. The first-order valence-corrected chi connectivity index (χ1v) is 8.76. The summed E-state index contributed by atoms with van der Waals surface area (Å²) in [5, 5.41) is 6.12. The minimum absolute atomic E-state index is 0.151. The highest BCUT2D eigenvalue weighted by molar-refractivity contribution is 6.35. The van der Waals surface area contributed by atoms with Gasteiger partial charge in [0.15, 0.2) is 0 Å². The molecule has 0 aliphatic heterocycles. The van der Waals surface area contributed by atoms with Crippen molar-refractivity contribution in [1.29, 1.82) is 0 Å². The number of nitrogens with one attached hydrogen (secondary N) is 2. The van der Waals surface area contributed by atoms with Crippen molar-refractivity contribution in [3.8, 4) is 0 Å². The fraction of sp³-hybridized carbons (Fsp3) is 0.211. The molecule has 0 aliphatic rings. The van der Waals surface area contributed by atoms with Crippen molar-refractivity contribution in [1.82, 2.24) is 5.32 Å². The summed E-state index contributed by atoms with van der Waals surface area (Å²) < 4.78 is 4.78. The van der Waals surface area contributed by atoms with Crippen LogP contribution in [-0.2, 0) is 20.7 Å². The van der Waals surface area contributed by atoms with Crippen LogP contribution in [0.1, 0.15) is 22.8 Å². The van der Waals surface area contributed by atoms with E-state index in [4.69, 9.17) is 27.9 Å². The van der Waals surface area contributed by atoms with Crippen molar-refractivity contribution in [2.75, 3.05) is 12.4 Å². The summed E-state index contributed by atoms with van der Waals surface area (Å²) in [6, 6.07) is 10.3. The number of anilines is 1. The molecular weight excluding hydrogens is 391 g/mol. The van der Waals surface area contributed by atoms with E-state index in [1.54, 1.807) is 42.5 Å². The standard InChI is InChI=1S/C19H18Cl2N2O4/c1-11(24)22-15-7-4-12(5-8-15)18(25)23-17(19(26)27-2)9-13-3-6-14(20)10-16(13)21/h3-8,10,17H,9H2,1-2H3,(H,22,24)(H,23,25)/t17-/m1/s1. The molecule has 0 bridgehead atoms. The number of carbonyl (C=O) groups is 3. The normalized spacial score (nSPS) is 11.4. The van der Waals surface area contributed by atoms with E-state index < -0.39 is 17.9 Å². The largest absolute Gasteiger partial charge is 0.467 e. The summed E-state index contributed by atoms with van der Waals surface area (Å²) in [6.45, 7) is 1.39. The third-order valence-corrected chi connectivity index (χ3v) is 4.28. The van der Waals surface area contributed by atoms with Crippen LogP contribution in [0.5, 0.6) is 0 Å². The third kappa shape index (κ3) is 5.98. The first kappa shape index (κ1) is 20.7. The van der Waals surface area contributed by atoms with E-state index >= 15 is 0 Å². The van der Waals surface area contributed by atoms with Crippen LogP contribution in [0.3, 0.4) is 0 Å². The van der Waals surface area contributed by atoms with Crippen molar-refractivity contribution in [3.05, 3.63) is 63.6 Å². The van der Waals surface area contributed by atoms with E-state index in [-0.39, 0.29) is 12.3 Å². The van der Waals surface area contributed by atoms with Crippen LogP contribution in [-0.4, -0.2) is 30.9 Å². The minimum atomic E-state index is -0.920. The van der Waals surface area contributed by atoms with Crippen molar-refractivity contribution >= 4 is 46.7 Å². The van der Waals surface area contributed by atoms with Gasteiger partial charge in [0.05, 0.1) is 7.11 Å². The molecule has 0 heterocycles. The number of esters is 1. The molecule has 0 saturated heterocycles. The lowest BCUT2D eigenvalue weighted by atomic mass is 10.0. The molecule has 27 heavy (non-hydrogen) atoms. The van der Waals surface area contributed by atoms with E-state index in [2.05, 4.69) is 10.6 Å². The van der Waals surface area contributed by atoms with E-state index in [1.807, 2.05) is 0 Å². The second-order valence-electron chi connectivity index (χ2n) is 5.75. The van der Waals surface area contributed by atoms with Crippen LogP contribution in [0.15, 0.2) is 42.5 Å². The number of ether oxygens (including phenoxy) is 1. The minimum Gasteiger partial charge on any atom is -0.467 e. The predicted octanol–water partition coefficient (Wildman–Crippen LogP) is 3.47. The van der Waals surface area contributed by atoms with Gasteiger partial charge in [-0.25, -0.2) is 4.79 Å². The van der Waals surface area contributed by atoms with Crippen LogP contribution >= 0.6 is 23.2 Å². The molecule has 2 N–H and O–H groups in total. The zero-order chi connectivity index (χ0) is 20.0. The van der Waals surface area contributed by atoms with Gasteiger partial charge in [0.2, 0.25) is 5.91 Å². The molecule has 0 aliphatic carbocycles. The van der Waals surface area contributed by atoms with Crippen LogP contribution in [0.4, 0.5) is 5.69 Å². The van der Waals surface area contributed by atoms with Gasteiger partial charge in [0.1, 0.15) is 6.04 Å². The topological polar surface area (TPSA) is 84.5 Å². The van der Waals surface area contributed by atoms with Crippen LogP contribution in [0.2, 0.25) is 10.0 Å². The van der Waals surface area contributed by atoms with Gasteiger partial charge in [0, 0.05) is 34.6 Å². The van der Waals surface area contributed by atoms with Gasteiger partial charge < -0.3 is 15.4 Å². The van der Waals surface area contributed by atoms with Crippen molar-refractivity contribution in [3.63, 3.8) is 0 Å². The monoisotopic (exact) mass is 408 g/mol. The molecule has 0 fully saturated rings. The lowest BCUT2D eigenvalue weighted by Gasteiger charge is -2.17. The van der Waals surface area contributed by atoms with E-state index in [9.17, 15) is 14.4 Å². The Bertz CT molecular complexity index is 853. The molecule has 0 radical (unpaired) electrons. The number of amides is 2. The fourth-order valence-electron chi connectivity index (χ4n) is 2.39. The second kappa shape index (κ2) is 9.39. The van der Waals surface area contributed by atoms with Gasteiger partial charge in [-0.2, -0.15) is 0 Å². The van der Waals surface area contributed by atoms with Crippen molar-refractivity contribution in [2.45, 2.75) is 19.4 Å². The van der Waals surface area contributed by atoms with Gasteiger partial charge in [-0.05, 0) is 42.0 Å². The quantitative estimate of drug-likeness (QED) is 0.716. The highest BCUT2D eigenvalue weighted by Crippen LogP contribution is 2.22. The molecule has 0 saturated carbocycles. The lowest BCUT2D eigenvalue weighted by Crippen LogP contribution is -2.43. The Balaban J connectivity index is 2.14. The Labute approximate surface area is 166 Å². The van der Waals surface area contributed by atoms with Crippen LogP contribution in [0, 0.1) is 0 Å². The number of rotatable bonds is 6. The lowest BCUT2D eigenvalue weighted by molar-refractivity contribution is -0.142. The molecule has 8 heteroatoms. The smallest absolute Gasteiger partial charge is 0.328 e. The summed E-state index contributed by atoms with van der Waals surface area (Å²) in [6.07, 6.45) is 0.151. The molecule has 6 nitrogen and oxygen atoms in total. The molecule has 1 atom stereocenters. The zero-order valence-electron chi connectivity index (χ0n) is 14.7. The van der Waals surface area contributed by atoms with Crippen LogP contribution in [0.25, 0.3) is 0 Å². The molecule has 2 amide bonds. The SMILES string of the molecule is COC(=O)[C@@H](Cc1ccc(Cl)cc1Cl)NC(=O)c1ccc(NC(C)=O)cc1. The van der Waals surface area contributed by atoms with Crippen molar-refractivity contribution < 1.29 is 19.1 Å². The molecule has 0 unspecified atom stereocenters. The summed E-state index contributed by atoms with van der Waals surface area (Å²) in [4.78, 5) is 35.6. The molecular formula is C19H18Cl2N2O4. The van der Waals surface area contributed by atoms with E-state index in [1.165, 1.54) is 14.0 Å². The number of carbonyl (C=O) groups excluding carboxylic acids is 3. The third-order valence-electron chi connectivity index (χ3n) is 3.70. The molecule has 0 spiro atoms. The van der Waals surface area contributed by atoms with Gasteiger partial charge in [-0.15, -0.1) is 0 Å². The first-order valence-electron chi connectivity index (χ1n) is 8.00. The summed E-state index contributed by atoms with van der Waals surface area (Å²) >= 11 is 12.0. The van der Waals surface area contributed by atoms with Gasteiger partial charge in [-0.1, -0.05) is 29.3 Å². The van der Waals surface area contributed by atoms with Gasteiger partial charge in [-0.3, -0.25) is 9.59 Å². The Kier molecular flexibility index (Phi) is 7.21. The number of halogens is 2. The maximum Gasteiger partial charge on any atom is 0.328 e. The fourth-order valence-corrected chi connectivity index (χ4v) is 2.88. The average Bonchev–Trinajstić information content (AvgIpc) is 2.62. The molecule has 142 valence electrons. The van der Waals surface area contributed by atoms with Gasteiger partial charge >= 0.3 is 5.97 Å². The van der Waals surface area contributed by atoms with Crippen molar-refractivity contribution in [2.24, 2.45) is 0 Å². The molecule has 2 aromatic carbocycles. The average molecular weight is 409 g/mol. The molecule has 0 aromatic heterocycles. The molecule has 2 aromatic rings. The molecule has 2 rings (SSSR count). The number of methoxy groups -OCH3 is 1. The Morgan fingerprint density at radius 2 is 1.74 bits per heavy atom. The Morgan fingerprint density at radius 3 is 2.30 bits per heavy atom. The predicted molar refractivity (Wildman–Crippen MR) is 104 cm³/mol. The highest BCUT2D eigenvalue weighted by Gasteiger charge is 2.23. The highest BCUT2D eigenvalue weighted by atomic mass is 35.5. The van der Waals surface area contributed by atoms with E-state index in [0.29, 0.717) is 26.9 Å². The van der Waals surface area contributed by atoms with Gasteiger partial charge in [0.25, 0.3) is 5.91 Å². The maximum absolute atomic E-state index is 12.5. The maximum atomic E-state index is 12.5. The Hall–Kier alpha value is -2.57. The summed E-state index contributed by atoms with van der Waals surface area (Å²) in [5.74, 6) is -1.26. The number of hydrogen-bond acceptors (Lipinski definition) is 4. The second-order valence-corrected chi connectivity index (χ2v) is 6.59. The number of benzene rings is 2. The zero-order valence-corrected chi connectivity index (χ0v) is 16.2.